The molecule has 160 valence electrons. The summed E-state index contributed by atoms with van der Waals surface area (Å²) in [7, 11) is 0. The van der Waals surface area contributed by atoms with Crippen LogP contribution in [0.4, 0.5) is 11.4 Å². The monoisotopic (exact) mass is 460 g/mol. The molecular formula is C22H18Cl2N2O5. The molecule has 0 saturated carbocycles. The van der Waals surface area contributed by atoms with Crippen molar-refractivity contribution in [2.24, 2.45) is 0 Å². The number of carbonyl (C=O) groups is 3. The van der Waals surface area contributed by atoms with Crippen LogP contribution in [0.3, 0.4) is 0 Å². The summed E-state index contributed by atoms with van der Waals surface area (Å²) >= 11 is 11.8. The fraction of sp³-hybridized carbons (Fsp3) is 0.136. The van der Waals surface area contributed by atoms with Crippen molar-refractivity contribution in [3.05, 3.63) is 81.7 Å². The number of benzene rings is 2. The molecule has 0 saturated heterocycles. The fourth-order valence-corrected chi connectivity index (χ4v) is 3.15. The summed E-state index contributed by atoms with van der Waals surface area (Å²) < 4.78 is 10.3. The maximum Gasteiger partial charge on any atom is 0.338 e. The quantitative estimate of drug-likeness (QED) is 0.484. The Balaban J connectivity index is 1.66. The zero-order valence-corrected chi connectivity index (χ0v) is 18.1. The normalized spacial score (nSPS) is 11.5. The molecular weight excluding hydrogens is 443 g/mol. The third-order valence-electron chi connectivity index (χ3n) is 4.25. The van der Waals surface area contributed by atoms with Gasteiger partial charge in [0.1, 0.15) is 0 Å². The van der Waals surface area contributed by atoms with Crippen LogP contribution in [-0.4, -0.2) is 23.9 Å². The molecule has 0 aliphatic heterocycles. The topological polar surface area (TPSA) is 97.6 Å². The summed E-state index contributed by atoms with van der Waals surface area (Å²) in [6.45, 7) is 3.21. The summed E-state index contributed by atoms with van der Waals surface area (Å²) in [5.74, 6) is -1.59. The number of hydrogen-bond acceptors (Lipinski definition) is 5. The van der Waals surface area contributed by atoms with E-state index < -0.39 is 23.9 Å². The van der Waals surface area contributed by atoms with Crippen LogP contribution in [-0.2, 0) is 9.53 Å². The summed E-state index contributed by atoms with van der Waals surface area (Å²) in [6, 6.07) is 12.4. The van der Waals surface area contributed by atoms with Gasteiger partial charge < -0.3 is 19.8 Å². The minimum absolute atomic E-state index is 0.138. The molecule has 2 amide bonds. The van der Waals surface area contributed by atoms with E-state index in [1.54, 1.807) is 25.1 Å². The standard InChI is InChI=1S/C22H18Cl2N2O5/c1-12-5-6-14(8-18(12)26-21(28)19-4-3-7-30-19)22(29)31-13(2)20(27)25-17-10-15(23)9-16(24)11-17/h3-11,13H,1-2H3,(H,25,27)(H,26,28)/t13-/m0/s1. The second kappa shape index (κ2) is 9.68. The largest absolute Gasteiger partial charge is 0.459 e. The van der Waals surface area contributed by atoms with Crippen molar-refractivity contribution < 1.29 is 23.5 Å². The number of carbonyl (C=O) groups excluding carboxylic acids is 3. The van der Waals surface area contributed by atoms with Gasteiger partial charge in [-0.05, 0) is 61.9 Å². The van der Waals surface area contributed by atoms with Crippen LogP contribution in [0.1, 0.15) is 33.4 Å². The molecule has 0 radical (unpaired) electrons. The number of esters is 1. The zero-order valence-electron chi connectivity index (χ0n) is 16.6. The van der Waals surface area contributed by atoms with E-state index in [1.807, 2.05) is 0 Å². The maximum absolute atomic E-state index is 12.5. The van der Waals surface area contributed by atoms with E-state index in [2.05, 4.69) is 10.6 Å². The average molecular weight is 461 g/mol. The highest BCUT2D eigenvalue weighted by atomic mass is 35.5. The summed E-state index contributed by atoms with van der Waals surface area (Å²) in [5, 5.41) is 5.99. The SMILES string of the molecule is Cc1ccc(C(=O)O[C@@H](C)C(=O)Nc2cc(Cl)cc(Cl)c2)cc1NC(=O)c1ccco1. The molecule has 3 aromatic rings. The number of rotatable bonds is 6. The van der Waals surface area contributed by atoms with Gasteiger partial charge >= 0.3 is 5.97 Å². The molecule has 1 aromatic heterocycles. The van der Waals surface area contributed by atoms with Crippen molar-refractivity contribution in [3.63, 3.8) is 0 Å². The molecule has 3 rings (SSSR count). The molecule has 0 spiro atoms. The van der Waals surface area contributed by atoms with E-state index in [4.69, 9.17) is 32.4 Å². The number of halogens is 2. The Morgan fingerprint density at radius 3 is 2.35 bits per heavy atom. The van der Waals surface area contributed by atoms with Gasteiger partial charge in [-0.1, -0.05) is 29.3 Å². The van der Waals surface area contributed by atoms with Gasteiger partial charge in [-0.2, -0.15) is 0 Å². The van der Waals surface area contributed by atoms with Gasteiger partial charge in [0.15, 0.2) is 11.9 Å². The number of ether oxygens (including phenoxy) is 1. The molecule has 31 heavy (non-hydrogen) atoms. The third kappa shape index (κ3) is 5.87. The van der Waals surface area contributed by atoms with Gasteiger partial charge in [0.2, 0.25) is 0 Å². The number of furan rings is 1. The lowest BCUT2D eigenvalue weighted by Crippen LogP contribution is -2.30. The second-order valence-electron chi connectivity index (χ2n) is 6.66. The number of amides is 2. The molecule has 0 aliphatic carbocycles. The zero-order chi connectivity index (χ0) is 22.5. The summed E-state index contributed by atoms with van der Waals surface area (Å²) in [4.78, 5) is 37.1. The van der Waals surface area contributed by atoms with Crippen LogP contribution >= 0.6 is 23.2 Å². The Labute approximate surface area is 188 Å². The lowest BCUT2D eigenvalue weighted by atomic mass is 10.1. The molecule has 2 aromatic carbocycles. The summed E-state index contributed by atoms with van der Waals surface area (Å²) in [6.07, 6.45) is 0.298. The smallest absolute Gasteiger partial charge is 0.338 e. The molecule has 0 unspecified atom stereocenters. The number of hydrogen-bond donors (Lipinski definition) is 2. The number of aryl methyl sites for hydroxylation is 1. The van der Waals surface area contributed by atoms with Gasteiger partial charge in [-0.25, -0.2) is 4.79 Å². The van der Waals surface area contributed by atoms with Gasteiger partial charge in [0.25, 0.3) is 11.8 Å². The van der Waals surface area contributed by atoms with Crippen LogP contribution in [0.15, 0.2) is 59.2 Å². The molecule has 2 N–H and O–H groups in total. The predicted molar refractivity (Wildman–Crippen MR) is 118 cm³/mol. The molecule has 0 bridgehead atoms. The van der Waals surface area contributed by atoms with Gasteiger partial charge in [0, 0.05) is 21.4 Å². The molecule has 1 heterocycles. The first-order valence-electron chi connectivity index (χ1n) is 9.16. The summed E-state index contributed by atoms with van der Waals surface area (Å²) in [5.41, 5.74) is 1.70. The van der Waals surface area contributed by atoms with Crippen LogP contribution in [0.5, 0.6) is 0 Å². The van der Waals surface area contributed by atoms with E-state index in [0.29, 0.717) is 21.4 Å². The molecule has 9 heteroatoms. The fourth-order valence-electron chi connectivity index (χ4n) is 2.63. The first-order chi connectivity index (χ1) is 14.7. The third-order valence-corrected chi connectivity index (χ3v) is 4.69. The minimum atomic E-state index is -1.09. The number of anilines is 2. The van der Waals surface area contributed by atoms with E-state index in [0.717, 1.165) is 5.56 Å². The highest BCUT2D eigenvalue weighted by Gasteiger charge is 2.20. The highest BCUT2D eigenvalue weighted by molar-refractivity contribution is 6.35. The first kappa shape index (κ1) is 22.4. The Morgan fingerprint density at radius 1 is 1.00 bits per heavy atom. The van der Waals surface area contributed by atoms with Crippen molar-refractivity contribution in [3.8, 4) is 0 Å². The minimum Gasteiger partial charge on any atom is -0.459 e. The van der Waals surface area contributed by atoms with Crippen molar-refractivity contribution in [1.29, 1.82) is 0 Å². The Bertz CT molecular complexity index is 1110. The second-order valence-corrected chi connectivity index (χ2v) is 7.53. The van der Waals surface area contributed by atoms with E-state index in [9.17, 15) is 14.4 Å². The van der Waals surface area contributed by atoms with Crippen molar-refractivity contribution in [2.75, 3.05) is 10.6 Å². The lowest BCUT2D eigenvalue weighted by molar-refractivity contribution is -0.123. The molecule has 0 fully saturated rings. The molecule has 1 atom stereocenters. The van der Waals surface area contributed by atoms with E-state index in [-0.39, 0.29) is 11.3 Å². The number of nitrogens with one attached hydrogen (secondary N) is 2. The Kier molecular flexibility index (Phi) is 6.99. The van der Waals surface area contributed by atoms with Gasteiger partial charge in [-0.3, -0.25) is 9.59 Å². The van der Waals surface area contributed by atoms with Crippen molar-refractivity contribution in [1.82, 2.24) is 0 Å². The average Bonchev–Trinajstić information content (AvgIpc) is 3.23. The molecule has 0 aliphatic rings. The van der Waals surface area contributed by atoms with Crippen LogP contribution in [0.25, 0.3) is 0 Å². The van der Waals surface area contributed by atoms with E-state index >= 15 is 0 Å². The lowest BCUT2D eigenvalue weighted by Gasteiger charge is -2.15. The molecule has 7 nitrogen and oxygen atoms in total. The van der Waals surface area contributed by atoms with Crippen LogP contribution < -0.4 is 10.6 Å². The van der Waals surface area contributed by atoms with Gasteiger partial charge in [-0.15, -0.1) is 0 Å². The van der Waals surface area contributed by atoms with E-state index in [1.165, 1.54) is 43.5 Å². The highest BCUT2D eigenvalue weighted by Crippen LogP contribution is 2.23. The first-order valence-corrected chi connectivity index (χ1v) is 9.92. The predicted octanol–water partition coefficient (Wildman–Crippen LogP) is 5.33. The van der Waals surface area contributed by atoms with Crippen LogP contribution in [0, 0.1) is 6.92 Å². The van der Waals surface area contributed by atoms with Crippen molar-refractivity contribution in [2.45, 2.75) is 20.0 Å². The Hall–Kier alpha value is -3.29. The maximum atomic E-state index is 12.5. The van der Waals surface area contributed by atoms with Gasteiger partial charge in [0.05, 0.1) is 11.8 Å². The van der Waals surface area contributed by atoms with Crippen LogP contribution in [0.2, 0.25) is 10.0 Å². The van der Waals surface area contributed by atoms with Crippen molar-refractivity contribution >= 4 is 52.4 Å². The Morgan fingerprint density at radius 2 is 1.71 bits per heavy atom.